The van der Waals surface area contributed by atoms with E-state index in [2.05, 4.69) is 9.97 Å². The summed E-state index contributed by atoms with van der Waals surface area (Å²) in [5, 5.41) is 8.80. The van der Waals surface area contributed by atoms with Crippen molar-refractivity contribution in [2.75, 3.05) is 24.6 Å². The maximum atomic E-state index is 10.7. The van der Waals surface area contributed by atoms with Gasteiger partial charge in [0.15, 0.2) is 0 Å². The molecule has 0 aliphatic carbocycles. The van der Waals surface area contributed by atoms with Crippen molar-refractivity contribution in [3.05, 3.63) is 11.9 Å². The molecule has 0 bridgehead atoms. The Morgan fingerprint density at radius 3 is 2.71 bits per heavy atom. The third kappa shape index (κ3) is 3.90. The van der Waals surface area contributed by atoms with Crippen LogP contribution in [0.1, 0.15) is 19.7 Å². The van der Waals surface area contributed by atoms with Crippen LogP contribution in [-0.2, 0) is 4.79 Å². The summed E-state index contributed by atoms with van der Waals surface area (Å²) in [7, 11) is 0. The van der Waals surface area contributed by atoms with Crippen molar-refractivity contribution in [2.24, 2.45) is 0 Å². The Morgan fingerprint density at radius 1 is 1.47 bits per heavy atom. The van der Waals surface area contributed by atoms with Crippen LogP contribution in [0.25, 0.3) is 0 Å². The molecule has 6 heteroatoms. The average molecular weight is 239 g/mol. The number of carboxylic acids is 1. The van der Waals surface area contributed by atoms with Crippen LogP contribution in [0.3, 0.4) is 0 Å². The number of rotatable bonds is 6. The monoisotopic (exact) mass is 239 g/mol. The van der Waals surface area contributed by atoms with E-state index in [1.54, 1.807) is 17.9 Å². The molecule has 0 aliphatic rings. The molecule has 94 valence electrons. The second-order valence-corrected chi connectivity index (χ2v) is 3.45. The molecule has 1 rings (SSSR count). The molecule has 0 radical (unpaired) electrons. The number of aliphatic carboxylic acids is 1. The number of carbonyl (C=O) groups is 1. The molecule has 0 saturated carbocycles. The summed E-state index contributed by atoms with van der Waals surface area (Å²) < 4.78 is 5.30. The highest BCUT2D eigenvalue weighted by molar-refractivity contribution is 5.73. The molecular weight excluding hydrogens is 222 g/mol. The summed E-state index contributed by atoms with van der Waals surface area (Å²) in [6, 6.07) is 1.66. The summed E-state index contributed by atoms with van der Waals surface area (Å²) in [6.45, 7) is 6.49. The van der Waals surface area contributed by atoms with E-state index in [1.165, 1.54) is 0 Å². The van der Waals surface area contributed by atoms with Gasteiger partial charge in [0, 0.05) is 12.6 Å². The largest absolute Gasteiger partial charge is 0.480 e. The number of ether oxygens (including phenoxy) is 1. The number of aryl methyl sites for hydroxylation is 1. The molecule has 0 amide bonds. The van der Waals surface area contributed by atoms with Gasteiger partial charge in [-0.15, -0.1) is 0 Å². The first-order chi connectivity index (χ1) is 8.06. The molecule has 0 aliphatic heterocycles. The lowest BCUT2D eigenvalue weighted by Crippen LogP contribution is -2.30. The topological polar surface area (TPSA) is 75.5 Å². The van der Waals surface area contributed by atoms with Gasteiger partial charge >= 0.3 is 5.97 Å². The van der Waals surface area contributed by atoms with Gasteiger partial charge < -0.3 is 14.7 Å². The first kappa shape index (κ1) is 13.2. The van der Waals surface area contributed by atoms with E-state index < -0.39 is 5.97 Å². The Balaban J connectivity index is 2.97. The molecule has 1 N–H and O–H groups in total. The molecule has 1 aromatic heterocycles. The number of nitrogens with zero attached hydrogens (tertiary/aromatic N) is 3. The van der Waals surface area contributed by atoms with Crippen molar-refractivity contribution in [1.82, 2.24) is 9.97 Å². The molecule has 0 atom stereocenters. The summed E-state index contributed by atoms with van der Waals surface area (Å²) in [6.07, 6.45) is 0. The van der Waals surface area contributed by atoms with Gasteiger partial charge in [-0.1, -0.05) is 0 Å². The number of hydrogen-bond donors (Lipinski definition) is 1. The normalized spacial score (nSPS) is 10.1. The zero-order valence-electron chi connectivity index (χ0n) is 10.3. The van der Waals surface area contributed by atoms with Crippen LogP contribution in [0.15, 0.2) is 6.07 Å². The average Bonchev–Trinajstić information content (AvgIpc) is 2.25. The second kappa shape index (κ2) is 6.03. The van der Waals surface area contributed by atoms with E-state index in [0.717, 1.165) is 0 Å². The maximum absolute atomic E-state index is 10.7. The minimum Gasteiger partial charge on any atom is -0.480 e. The molecule has 0 fully saturated rings. The van der Waals surface area contributed by atoms with Crippen LogP contribution >= 0.6 is 0 Å². The highest BCUT2D eigenvalue weighted by Crippen LogP contribution is 2.17. The Labute approximate surface area is 100 Å². The fourth-order valence-electron chi connectivity index (χ4n) is 1.43. The minimum atomic E-state index is -0.888. The number of aromatic nitrogens is 2. The number of likely N-dealkylation sites (N-methyl/N-ethyl adjacent to an activating group) is 1. The molecular formula is C11H17N3O3. The first-order valence-corrected chi connectivity index (χ1v) is 5.52. The van der Waals surface area contributed by atoms with Gasteiger partial charge in [0.1, 0.15) is 18.2 Å². The van der Waals surface area contributed by atoms with E-state index in [-0.39, 0.29) is 6.54 Å². The Bertz CT molecular complexity index is 396. The predicted molar refractivity (Wildman–Crippen MR) is 63.5 cm³/mol. The van der Waals surface area contributed by atoms with E-state index >= 15 is 0 Å². The van der Waals surface area contributed by atoms with Crippen molar-refractivity contribution >= 4 is 11.8 Å². The van der Waals surface area contributed by atoms with Gasteiger partial charge in [-0.2, -0.15) is 4.98 Å². The van der Waals surface area contributed by atoms with Gasteiger partial charge in [0.2, 0.25) is 5.88 Å². The zero-order chi connectivity index (χ0) is 12.8. The zero-order valence-corrected chi connectivity index (χ0v) is 10.3. The second-order valence-electron chi connectivity index (χ2n) is 3.45. The summed E-state index contributed by atoms with van der Waals surface area (Å²) in [4.78, 5) is 20.7. The predicted octanol–water partition coefficient (Wildman–Crippen LogP) is 1.09. The smallest absolute Gasteiger partial charge is 0.323 e. The van der Waals surface area contributed by atoms with Crippen molar-refractivity contribution in [1.29, 1.82) is 0 Å². The van der Waals surface area contributed by atoms with Crippen molar-refractivity contribution in [3.63, 3.8) is 0 Å². The van der Waals surface area contributed by atoms with Crippen molar-refractivity contribution < 1.29 is 14.6 Å². The lowest BCUT2D eigenvalue weighted by Gasteiger charge is -2.20. The molecule has 6 nitrogen and oxygen atoms in total. The number of anilines is 1. The van der Waals surface area contributed by atoms with E-state index in [9.17, 15) is 4.79 Å². The Hall–Kier alpha value is -1.85. The fourth-order valence-corrected chi connectivity index (χ4v) is 1.43. The summed E-state index contributed by atoms with van der Waals surface area (Å²) >= 11 is 0. The van der Waals surface area contributed by atoms with Crippen LogP contribution in [0.5, 0.6) is 5.88 Å². The van der Waals surface area contributed by atoms with Gasteiger partial charge in [-0.3, -0.25) is 4.79 Å². The summed E-state index contributed by atoms with van der Waals surface area (Å²) in [5.74, 6) is 0.723. The molecule has 1 heterocycles. The van der Waals surface area contributed by atoms with Gasteiger partial charge in [-0.25, -0.2) is 4.98 Å². The molecule has 0 spiro atoms. The van der Waals surface area contributed by atoms with E-state index in [1.807, 2.05) is 13.8 Å². The van der Waals surface area contributed by atoms with Crippen molar-refractivity contribution in [3.8, 4) is 5.88 Å². The Morgan fingerprint density at radius 2 is 2.18 bits per heavy atom. The Kier molecular flexibility index (Phi) is 4.68. The SMILES string of the molecule is CCOc1cc(N(CC)CC(=O)O)nc(C)n1. The van der Waals surface area contributed by atoms with Crippen LogP contribution < -0.4 is 9.64 Å². The third-order valence-corrected chi connectivity index (χ3v) is 2.12. The lowest BCUT2D eigenvalue weighted by atomic mass is 10.4. The third-order valence-electron chi connectivity index (χ3n) is 2.12. The van der Waals surface area contributed by atoms with Crippen LogP contribution in [0.4, 0.5) is 5.82 Å². The molecule has 0 saturated heterocycles. The highest BCUT2D eigenvalue weighted by Gasteiger charge is 2.12. The minimum absolute atomic E-state index is 0.0848. The van der Waals surface area contributed by atoms with Crippen LogP contribution in [0.2, 0.25) is 0 Å². The first-order valence-electron chi connectivity index (χ1n) is 5.52. The van der Waals surface area contributed by atoms with Crippen molar-refractivity contribution in [2.45, 2.75) is 20.8 Å². The van der Waals surface area contributed by atoms with Gasteiger partial charge in [0.25, 0.3) is 0 Å². The quantitative estimate of drug-likeness (QED) is 0.801. The standard InChI is InChI=1S/C11H17N3O3/c1-4-14(7-11(15)16)9-6-10(17-5-2)13-8(3)12-9/h6H,4-5,7H2,1-3H3,(H,15,16). The number of hydrogen-bond acceptors (Lipinski definition) is 5. The molecule has 0 unspecified atom stereocenters. The molecule has 17 heavy (non-hydrogen) atoms. The van der Waals surface area contributed by atoms with Crippen LogP contribution in [0, 0.1) is 6.92 Å². The summed E-state index contributed by atoms with van der Waals surface area (Å²) in [5.41, 5.74) is 0. The number of carboxylic acid groups (broad SMARTS) is 1. The molecule has 1 aromatic rings. The van der Waals surface area contributed by atoms with Gasteiger partial charge in [0.05, 0.1) is 6.61 Å². The maximum Gasteiger partial charge on any atom is 0.323 e. The molecule has 0 aromatic carbocycles. The van der Waals surface area contributed by atoms with E-state index in [0.29, 0.717) is 30.7 Å². The highest BCUT2D eigenvalue weighted by atomic mass is 16.5. The lowest BCUT2D eigenvalue weighted by molar-refractivity contribution is -0.135. The van der Waals surface area contributed by atoms with Crippen LogP contribution in [-0.4, -0.2) is 40.7 Å². The van der Waals surface area contributed by atoms with Gasteiger partial charge in [-0.05, 0) is 20.8 Å². The fraction of sp³-hybridized carbons (Fsp3) is 0.545. The van der Waals surface area contributed by atoms with E-state index in [4.69, 9.17) is 9.84 Å².